The van der Waals surface area contributed by atoms with Gasteiger partial charge in [-0.05, 0) is 47.8 Å². The maximum absolute atomic E-state index is 12.3. The smallest absolute Gasteiger partial charge is 0.295 e. The van der Waals surface area contributed by atoms with Crippen LogP contribution < -0.4 is 10.7 Å². The highest BCUT2D eigenvalue weighted by atomic mass is 35.5. The Morgan fingerprint density at radius 3 is 2.50 bits per heavy atom. The molecular formula is C19H11ClN4O4S2. The lowest BCUT2D eigenvalue weighted by atomic mass is 10.2. The summed E-state index contributed by atoms with van der Waals surface area (Å²) in [5.41, 5.74) is 0.414. The summed E-state index contributed by atoms with van der Waals surface area (Å²) in [7, 11) is -3.89. The van der Waals surface area contributed by atoms with Crippen molar-refractivity contribution in [2.75, 3.05) is 0 Å². The predicted octanol–water partition coefficient (Wildman–Crippen LogP) is 2.75. The molecule has 4 aromatic rings. The molecule has 0 atom stereocenters. The Bertz CT molecular complexity index is 1590. The maximum atomic E-state index is 12.3. The van der Waals surface area contributed by atoms with Crippen molar-refractivity contribution in [2.45, 2.75) is 4.21 Å². The number of nitrogens with zero attached hydrogens (tertiary/aromatic N) is 4. The molecule has 0 spiro atoms. The van der Waals surface area contributed by atoms with Crippen molar-refractivity contribution in [3.8, 4) is 17.4 Å². The van der Waals surface area contributed by atoms with Crippen LogP contribution in [0.3, 0.4) is 0 Å². The van der Waals surface area contributed by atoms with Crippen LogP contribution in [0.2, 0.25) is 5.02 Å². The van der Waals surface area contributed by atoms with Crippen LogP contribution in [-0.4, -0.2) is 29.2 Å². The number of aromatic nitrogens is 1. The topological polar surface area (TPSA) is 117 Å². The van der Waals surface area contributed by atoms with E-state index in [-0.39, 0.29) is 21.9 Å². The summed E-state index contributed by atoms with van der Waals surface area (Å²) in [6.45, 7) is 0. The molecule has 0 fully saturated rings. The minimum atomic E-state index is -3.89. The first-order chi connectivity index (χ1) is 14.3. The van der Waals surface area contributed by atoms with Gasteiger partial charge in [0.25, 0.3) is 16.0 Å². The number of guanidine groups is 1. The van der Waals surface area contributed by atoms with Crippen LogP contribution in [0.15, 0.2) is 72.5 Å². The fourth-order valence-electron chi connectivity index (χ4n) is 3.16. The molecule has 2 aromatic carbocycles. The summed E-state index contributed by atoms with van der Waals surface area (Å²) in [4.78, 5) is 8.31. The maximum Gasteiger partial charge on any atom is 0.295 e. The van der Waals surface area contributed by atoms with E-state index in [0.717, 1.165) is 11.3 Å². The highest BCUT2D eigenvalue weighted by Crippen LogP contribution is 2.39. The zero-order chi connectivity index (χ0) is 21.0. The Balaban J connectivity index is 1.63. The van der Waals surface area contributed by atoms with Crippen molar-refractivity contribution >= 4 is 49.7 Å². The molecule has 30 heavy (non-hydrogen) atoms. The van der Waals surface area contributed by atoms with E-state index in [9.17, 15) is 18.6 Å². The average Bonchev–Trinajstić information content (AvgIpc) is 3.41. The molecule has 1 aliphatic heterocycles. The predicted molar refractivity (Wildman–Crippen MR) is 113 cm³/mol. The lowest BCUT2D eigenvalue weighted by molar-refractivity contribution is 0.406. The van der Waals surface area contributed by atoms with Gasteiger partial charge < -0.3 is 10.2 Å². The van der Waals surface area contributed by atoms with Crippen molar-refractivity contribution in [1.82, 2.24) is 4.57 Å². The molecule has 0 amide bonds. The lowest BCUT2D eigenvalue weighted by Gasteiger charge is -2.05. The van der Waals surface area contributed by atoms with E-state index in [0.29, 0.717) is 32.2 Å². The Kier molecular flexibility index (Phi) is 4.17. The Morgan fingerprint density at radius 1 is 0.967 bits per heavy atom. The molecule has 0 saturated heterocycles. The molecule has 3 heterocycles. The highest BCUT2D eigenvalue weighted by Gasteiger charge is 2.19. The van der Waals surface area contributed by atoms with E-state index >= 15 is 0 Å². The number of hydrogen-bond acceptors (Lipinski definition) is 5. The molecule has 1 aliphatic rings. The van der Waals surface area contributed by atoms with Crippen LogP contribution in [0.5, 0.6) is 11.8 Å². The summed E-state index contributed by atoms with van der Waals surface area (Å²) in [5, 5.41) is 24.9. The van der Waals surface area contributed by atoms with Crippen molar-refractivity contribution in [3.63, 3.8) is 0 Å². The first kappa shape index (κ1) is 18.8. The molecule has 2 aromatic heterocycles. The van der Waals surface area contributed by atoms with E-state index in [2.05, 4.69) is 14.4 Å². The van der Waals surface area contributed by atoms with Gasteiger partial charge in [0.15, 0.2) is 0 Å². The summed E-state index contributed by atoms with van der Waals surface area (Å²) in [5.74, 6) is -0.536. The number of hydrogen-bond donors (Lipinski definition) is 2. The van der Waals surface area contributed by atoms with Crippen LogP contribution in [0, 0.1) is 0 Å². The number of fused-ring (bicyclic) bond motifs is 2. The van der Waals surface area contributed by atoms with Crippen molar-refractivity contribution in [3.05, 3.63) is 69.6 Å². The quantitative estimate of drug-likeness (QED) is 0.491. The third-order valence-corrected chi connectivity index (χ3v) is 7.36. The zero-order valence-electron chi connectivity index (χ0n) is 14.9. The number of benzene rings is 2. The molecule has 0 bridgehead atoms. The van der Waals surface area contributed by atoms with Crippen LogP contribution in [0.25, 0.3) is 16.5 Å². The largest absolute Gasteiger partial charge is 0.494 e. The monoisotopic (exact) mass is 458 g/mol. The summed E-state index contributed by atoms with van der Waals surface area (Å²) >= 11 is 7.05. The first-order valence-electron chi connectivity index (χ1n) is 8.52. The number of sulfonamides is 1. The minimum absolute atomic E-state index is 0.101. The number of aromatic hydroxyl groups is 2. The Hall–Kier alpha value is -3.21. The number of halogens is 1. The van der Waals surface area contributed by atoms with E-state index < -0.39 is 10.0 Å². The second kappa shape index (κ2) is 6.66. The van der Waals surface area contributed by atoms with Gasteiger partial charge in [-0.15, -0.1) is 15.7 Å². The second-order valence-electron chi connectivity index (χ2n) is 6.37. The van der Waals surface area contributed by atoms with Crippen molar-refractivity contribution < 1.29 is 18.6 Å². The van der Waals surface area contributed by atoms with Crippen molar-refractivity contribution in [2.24, 2.45) is 14.4 Å². The van der Waals surface area contributed by atoms with E-state index in [4.69, 9.17) is 11.6 Å². The SMILES string of the molecule is O=S(=O)(/N=C1\N=c2ccc(-n3c(O)c4ccc(Cl)cc4c3O)cc2=N1)c1cccs1. The van der Waals surface area contributed by atoms with Gasteiger partial charge in [-0.1, -0.05) is 17.7 Å². The van der Waals surface area contributed by atoms with Gasteiger partial charge >= 0.3 is 0 Å². The van der Waals surface area contributed by atoms with Gasteiger partial charge in [0, 0.05) is 15.8 Å². The van der Waals surface area contributed by atoms with Gasteiger partial charge in [-0.3, -0.25) is 4.57 Å². The van der Waals surface area contributed by atoms with Gasteiger partial charge in [0.2, 0.25) is 11.8 Å². The fourth-order valence-corrected chi connectivity index (χ4v) is 5.18. The molecule has 0 unspecified atom stereocenters. The summed E-state index contributed by atoms with van der Waals surface area (Å²) < 4.78 is 29.7. The van der Waals surface area contributed by atoms with Crippen LogP contribution in [0.4, 0.5) is 0 Å². The molecule has 150 valence electrons. The Labute approximate surface area is 178 Å². The molecule has 8 nitrogen and oxygen atoms in total. The number of thiophene rings is 1. The number of rotatable bonds is 3. The van der Waals surface area contributed by atoms with Crippen LogP contribution in [-0.2, 0) is 10.0 Å². The average molecular weight is 459 g/mol. The molecule has 0 radical (unpaired) electrons. The lowest BCUT2D eigenvalue weighted by Crippen LogP contribution is -2.21. The van der Waals surface area contributed by atoms with Crippen LogP contribution >= 0.6 is 22.9 Å². The molecule has 0 saturated carbocycles. The molecule has 5 rings (SSSR count). The van der Waals surface area contributed by atoms with Gasteiger partial charge in [-0.2, -0.15) is 8.42 Å². The second-order valence-corrected chi connectivity index (χ2v) is 9.58. The van der Waals surface area contributed by atoms with Gasteiger partial charge in [0.05, 0.1) is 16.4 Å². The minimum Gasteiger partial charge on any atom is -0.494 e. The van der Waals surface area contributed by atoms with E-state index in [1.807, 2.05) is 0 Å². The third kappa shape index (κ3) is 2.96. The van der Waals surface area contributed by atoms with E-state index in [1.54, 1.807) is 47.8 Å². The standard InChI is InChI=1S/C19H11ClN4O4S2/c20-10-3-5-12-13(8-10)18(26)24(17(12)25)11-4-6-14-15(9-11)22-19(21-14)23-30(27,28)16-2-1-7-29-16/h1-9,25-26H/b23-19+. The molecular weight excluding hydrogens is 448 g/mol. The fraction of sp³-hybridized carbons (Fsp3) is 0. The molecule has 0 aliphatic carbocycles. The summed E-state index contributed by atoms with van der Waals surface area (Å²) in [6.07, 6.45) is 0. The van der Waals surface area contributed by atoms with Crippen molar-refractivity contribution in [1.29, 1.82) is 0 Å². The van der Waals surface area contributed by atoms with Gasteiger partial charge in [0.1, 0.15) is 4.21 Å². The van der Waals surface area contributed by atoms with Gasteiger partial charge in [-0.25, -0.2) is 9.98 Å². The molecule has 2 N–H and O–H groups in total. The highest BCUT2D eigenvalue weighted by molar-refractivity contribution is 7.92. The molecule has 11 heteroatoms. The van der Waals surface area contributed by atoms with E-state index in [1.165, 1.54) is 10.6 Å². The zero-order valence-corrected chi connectivity index (χ0v) is 17.3. The summed E-state index contributed by atoms with van der Waals surface area (Å²) in [6, 6.07) is 12.6. The Morgan fingerprint density at radius 2 is 1.73 bits per heavy atom. The first-order valence-corrected chi connectivity index (χ1v) is 11.2. The third-order valence-electron chi connectivity index (χ3n) is 4.50. The normalized spacial score (nSPS) is 14.6. The van der Waals surface area contributed by atoms with Crippen LogP contribution in [0.1, 0.15) is 0 Å².